The van der Waals surface area contributed by atoms with Crippen LogP contribution in [0.2, 0.25) is 0 Å². The first-order valence-corrected chi connectivity index (χ1v) is 8.98. The van der Waals surface area contributed by atoms with Crippen molar-refractivity contribution < 1.29 is 14.3 Å². The summed E-state index contributed by atoms with van der Waals surface area (Å²) in [7, 11) is 1.30. The lowest BCUT2D eigenvalue weighted by Crippen LogP contribution is -2.24. The van der Waals surface area contributed by atoms with Crippen LogP contribution in [0.1, 0.15) is 27.9 Å². The number of pyridine rings is 1. The average molecular weight is 378 g/mol. The topological polar surface area (TPSA) is 77.4 Å². The number of anilines is 1. The summed E-state index contributed by atoms with van der Waals surface area (Å²) >= 11 is 0. The highest BCUT2D eigenvalue weighted by atomic mass is 16.5. The van der Waals surface area contributed by atoms with Gasteiger partial charge in [-0.3, -0.25) is 9.59 Å². The van der Waals surface area contributed by atoms with Gasteiger partial charge in [-0.15, -0.1) is 0 Å². The molecule has 1 heterocycles. The van der Waals surface area contributed by atoms with Crippen LogP contribution in [0, 0.1) is 13.8 Å². The number of hydrogen-bond acceptors (Lipinski definition) is 4. The summed E-state index contributed by atoms with van der Waals surface area (Å²) in [5, 5.41) is 3.77. The molecule has 28 heavy (non-hydrogen) atoms. The fraction of sp³-hybridized carbons (Fsp3) is 0.227. The Kier molecular flexibility index (Phi) is 5.59. The maximum absolute atomic E-state index is 12.5. The van der Waals surface area contributed by atoms with Gasteiger partial charge in [0, 0.05) is 30.1 Å². The van der Waals surface area contributed by atoms with Crippen molar-refractivity contribution in [1.82, 2.24) is 4.57 Å². The van der Waals surface area contributed by atoms with Crippen LogP contribution in [0.5, 0.6) is 0 Å². The van der Waals surface area contributed by atoms with Crippen LogP contribution in [0.4, 0.5) is 5.69 Å². The monoisotopic (exact) mass is 378 g/mol. The minimum atomic E-state index is -0.468. The van der Waals surface area contributed by atoms with Crippen LogP contribution in [0.15, 0.2) is 53.3 Å². The second-order valence-electron chi connectivity index (χ2n) is 6.66. The van der Waals surface area contributed by atoms with Crippen molar-refractivity contribution in [3.05, 3.63) is 75.6 Å². The molecule has 6 heteroatoms. The summed E-state index contributed by atoms with van der Waals surface area (Å²) < 4.78 is 6.33. The molecule has 144 valence electrons. The summed E-state index contributed by atoms with van der Waals surface area (Å²) in [6, 6.07) is 14.0. The quantitative estimate of drug-likeness (QED) is 0.690. The van der Waals surface area contributed by atoms with Gasteiger partial charge in [-0.25, -0.2) is 4.79 Å². The van der Waals surface area contributed by atoms with Gasteiger partial charge < -0.3 is 14.6 Å². The predicted octanol–water partition coefficient (Wildman–Crippen LogP) is 3.43. The Balaban J connectivity index is 1.79. The summed E-state index contributed by atoms with van der Waals surface area (Å²) in [6.07, 6.45) is 0.134. The van der Waals surface area contributed by atoms with Crippen molar-refractivity contribution in [2.24, 2.45) is 0 Å². The standard InChI is InChI=1S/C22H22N2O4/c1-14-6-4-9-18-15(2)12-20(26)24(21(14)18)11-10-19(25)23-17-8-5-7-16(13-17)22(27)28-3/h4-9,12-13H,10-11H2,1-3H3,(H,23,25). The van der Waals surface area contributed by atoms with E-state index in [0.717, 1.165) is 22.0 Å². The minimum absolute atomic E-state index is 0.125. The summed E-state index contributed by atoms with van der Waals surface area (Å²) in [6.45, 7) is 4.13. The lowest BCUT2D eigenvalue weighted by atomic mass is 10.1. The molecule has 0 radical (unpaired) electrons. The van der Waals surface area contributed by atoms with E-state index in [1.807, 2.05) is 32.0 Å². The first-order chi connectivity index (χ1) is 13.4. The lowest BCUT2D eigenvalue weighted by molar-refractivity contribution is -0.116. The van der Waals surface area contributed by atoms with Crippen molar-refractivity contribution in [2.75, 3.05) is 12.4 Å². The number of methoxy groups -OCH3 is 1. The molecule has 3 rings (SSSR count). The highest BCUT2D eigenvalue weighted by molar-refractivity contribution is 5.94. The van der Waals surface area contributed by atoms with Gasteiger partial charge in [0.15, 0.2) is 0 Å². The van der Waals surface area contributed by atoms with Crippen LogP contribution in [0.25, 0.3) is 10.9 Å². The predicted molar refractivity (Wildman–Crippen MR) is 109 cm³/mol. The van der Waals surface area contributed by atoms with E-state index < -0.39 is 5.97 Å². The molecule has 0 aliphatic carbocycles. The van der Waals surface area contributed by atoms with Crippen LogP contribution in [0.3, 0.4) is 0 Å². The third-order valence-corrected chi connectivity index (χ3v) is 4.67. The molecule has 0 aliphatic heterocycles. The van der Waals surface area contributed by atoms with Gasteiger partial charge in [0.2, 0.25) is 5.91 Å². The van der Waals surface area contributed by atoms with E-state index in [1.54, 1.807) is 34.9 Å². The number of aromatic nitrogens is 1. The van der Waals surface area contributed by atoms with Gasteiger partial charge in [0.1, 0.15) is 0 Å². The second-order valence-corrected chi connectivity index (χ2v) is 6.66. The molecule has 1 amide bonds. The Morgan fingerprint density at radius 1 is 1.04 bits per heavy atom. The maximum Gasteiger partial charge on any atom is 0.337 e. The second kappa shape index (κ2) is 8.08. The van der Waals surface area contributed by atoms with Crippen molar-refractivity contribution in [3.63, 3.8) is 0 Å². The average Bonchev–Trinajstić information content (AvgIpc) is 2.68. The highest BCUT2D eigenvalue weighted by Crippen LogP contribution is 2.20. The Bertz CT molecular complexity index is 1120. The summed E-state index contributed by atoms with van der Waals surface area (Å²) in [5.74, 6) is -0.708. The zero-order valence-electron chi connectivity index (χ0n) is 16.1. The Hall–Kier alpha value is -3.41. The Morgan fingerprint density at radius 2 is 1.79 bits per heavy atom. The molecule has 0 unspecified atom stereocenters. The number of carbonyl (C=O) groups excluding carboxylic acids is 2. The molecular formula is C22H22N2O4. The van der Waals surface area contributed by atoms with E-state index >= 15 is 0 Å². The number of esters is 1. The molecule has 0 fully saturated rings. The van der Waals surface area contributed by atoms with Crippen LogP contribution >= 0.6 is 0 Å². The molecule has 0 aliphatic rings. The molecule has 0 saturated carbocycles. The fourth-order valence-corrected chi connectivity index (χ4v) is 3.29. The first-order valence-electron chi connectivity index (χ1n) is 8.98. The van der Waals surface area contributed by atoms with Crippen molar-refractivity contribution >= 4 is 28.5 Å². The number of aryl methyl sites for hydroxylation is 3. The van der Waals surface area contributed by atoms with Crippen LogP contribution in [-0.2, 0) is 16.1 Å². The van der Waals surface area contributed by atoms with Crippen LogP contribution < -0.4 is 10.9 Å². The maximum atomic E-state index is 12.5. The molecule has 3 aromatic rings. The smallest absolute Gasteiger partial charge is 0.337 e. The number of hydrogen-bond donors (Lipinski definition) is 1. The molecule has 0 saturated heterocycles. The minimum Gasteiger partial charge on any atom is -0.465 e. The number of benzene rings is 2. The summed E-state index contributed by atoms with van der Waals surface area (Å²) in [4.78, 5) is 36.5. The number of amides is 1. The zero-order chi connectivity index (χ0) is 20.3. The number of nitrogens with one attached hydrogen (secondary N) is 1. The molecule has 0 bridgehead atoms. The lowest BCUT2D eigenvalue weighted by Gasteiger charge is -2.14. The van der Waals surface area contributed by atoms with E-state index in [2.05, 4.69) is 10.1 Å². The fourth-order valence-electron chi connectivity index (χ4n) is 3.29. The van der Waals surface area contributed by atoms with Gasteiger partial charge in [0.05, 0.1) is 18.2 Å². The molecule has 1 aromatic heterocycles. The highest BCUT2D eigenvalue weighted by Gasteiger charge is 2.11. The number of fused-ring (bicyclic) bond motifs is 1. The van der Waals surface area contributed by atoms with E-state index in [9.17, 15) is 14.4 Å². The number of rotatable bonds is 5. The number of para-hydroxylation sites is 1. The largest absolute Gasteiger partial charge is 0.465 e. The number of ether oxygens (including phenoxy) is 1. The van der Waals surface area contributed by atoms with E-state index in [4.69, 9.17) is 0 Å². The van der Waals surface area contributed by atoms with E-state index in [-0.39, 0.29) is 24.4 Å². The van der Waals surface area contributed by atoms with Crippen molar-refractivity contribution in [3.8, 4) is 0 Å². The van der Waals surface area contributed by atoms with Crippen molar-refractivity contribution in [2.45, 2.75) is 26.8 Å². The van der Waals surface area contributed by atoms with E-state index in [0.29, 0.717) is 11.3 Å². The molecule has 0 atom stereocenters. The number of nitrogens with zero attached hydrogens (tertiary/aromatic N) is 1. The van der Waals surface area contributed by atoms with Crippen LogP contribution in [-0.4, -0.2) is 23.6 Å². The van der Waals surface area contributed by atoms with E-state index in [1.165, 1.54) is 7.11 Å². The SMILES string of the molecule is COC(=O)c1cccc(NC(=O)CCn2c(=O)cc(C)c3cccc(C)c32)c1. The Morgan fingerprint density at radius 3 is 2.54 bits per heavy atom. The summed E-state index contributed by atoms with van der Waals surface area (Å²) in [5.41, 5.74) is 3.50. The van der Waals surface area contributed by atoms with Gasteiger partial charge in [-0.1, -0.05) is 24.3 Å². The third-order valence-electron chi connectivity index (χ3n) is 4.67. The molecular weight excluding hydrogens is 356 g/mol. The molecule has 2 aromatic carbocycles. The third kappa shape index (κ3) is 3.96. The zero-order valence-corrected chi connectivity index (χ0v) is 16.1. The van der Waals surface area contributed by atoms with Gasteiger partial charge in [-0.2, -0.15) is 0 Å². The molecule has 0 spiro atoms. The molecule has 1 N–H and O–H groups in total. The Labute approximate surface area is 162 Å². The van der Waals surface area contributed by atoms with Crippen molar-refractivity contribution in [1.29, 1.82) is 0 Å². The normalized spacial score (nSPS) is 10.7. The van der Waals surface area contributed by atoms with Gasteiger partial charge >= 0.3 is 5.97 Å². The van der Waals surface area contributed by atoms with Gasteiger partial charge in [-0.05, 0) is 43.2 Å². The van der Waals surface area contributed by atoms with Gasteiger partial charge in [0.25, 0.3) is 5.56 Å². The number of carbonyl (C=O) groups is 2. The molecule has 6 nitrogen and oxygen atoms in total. The first kappa shape index (κ1) is 19.4.